The fourth-order valence-electron chi connectivity index (χ4n) is 3.36. The van der Waals surface area contributed by atoms with Gasteiger partial charge in [0.2, 0.25) is 0 Å². The number of methoxy groups -OCH3 is 1. The predicted octanol–water partition coefficient (Wildman–Crippen LogP) is 3.87. The number of rotatable bonds is 6. The van der Waals surface area contributed by atoms with Crippen molar-refractivity contribution in [3.63, 3.8) is 0 Å². The maximum Gasteiger partial charge on any atom is 0.134 e. The number of piperidine rings is 1. The first-order valence-corrected chi connectivity index (χ1v) is 8.76. The van der Waals surface area contributed by atoms with Crippen molar-refractivity contribution in [3.8, 4) is 5.75 Å². The molecule has 1 fully saturated rings. The van der Waals surface area contributed by atoms with Crippen LogP contribution in [0.15, 0.2) is 36.7 Å². The average molecular weight is 326 g/mol. The molecule has 0 bridgehead atoms. The van der Waals surface area contributed by atoms with E-state index < -0.39 is 0 Å². The van der Waals surface area contributed by atoms with Gasteiger partial charge in [0.05, 0.1) is 7.11 Å². The summed E-state index contributed by atoms with van der Waals surface area (Å²) < 4.78 is 5.40. The summed E-state index contributed by atoms with van der Waals surface area (Å²) >= 11 is 0. The molecule has 3 rings (SSSR count). The molecular weight excluding hydrogens is 300 g/mol. The molecule has 1 N–H and O–H groups in total. The maximum absolute atomic E-state index is 5.40. The minimum absolute atomic E-state index is 0.593. The van der Waals surface area contributed by atoms with Crippen molar-refractivity contribution in [1.29, 1.82) is 0 Å². The van der Waals surface area contributed by atoms with Crippen molar-refractivity contribution in [2.24, 2.45) is 0 Å². The van der Waals surface area contributed by atoms with Crippen LogP contribution >= 0.6 is 0 Å². The third kappa shape index (κ3) is 3.78. The number of hydrogen-bond acceptors (Lipinski definition) is 5. The first kappa shape index (κ1) is 16.6. The van der Waals surface area contributed by atoms with Crippen LogP contribution in [0.2, 0.25) is 0 Å². The van der Waals surface area contributed by atoms with Crippen LogP contribution in [0.1, 0.15) is 38.2 Å². The fraction of sp³-hybridized carbons (Fsp3) is 0.474. The van der Waals surface area contributed by atoms with Gasteiger partial charge < -0.3 is 15.0 Å². The molecule has 1 aromatic carbocycles. The lowest BCUT2D eigenvalue weighted by molar-refractivity contribution is 0.410. The van der Waals surface area contributed by atoms with E-state index in [1.807, 2.05) is 18.2 Å². The summed E-state index contributed by atoms with van der Waals surface area (Å²) in [6, 6.07) is 10.7. The summed E-state index contributed by atoms with van der Waals surface area (Å²) in [5.41, 5.74) is 1.12. The summed E-state index contributed by atoms with van der Waals surface area (Å²) in [6.45, 7) is 4.02. The molecule has 0 aliphatic carbocycles. The number of ether oxygens (including phenoxy) is 1. The Kier molecular flexibility index (Phi) is 5.51. The Bertz CT molecular complexity index is 661. The average Bonchev–Trinajstić information content (AvgIpc) is 2.66. The highest BCUT2D eigenvalue weighted by Crippen LogP contribution is 2.26. The van der Waals surface area contributed by atoms with Crippen molar-refractivity contribution < 1.29 is 4.74 Å². The number of para-hydroxylation sites is 1. The second kappa shape index (κ2) is 7.99. The van der Waals surface area contributed by atoms with Crippen LogP contribution in [0.25, 0.3) is 0 Å². The lowest BCUT2D eigenvalue weighted by Crippen LogP contribution is -2.39. The molecule has 1 aliphatic rings. The van der Waals surface area contributed by atoms with Crippen LogP contribution in [0.3, 0.4) is 0 Å². The molecule has 0 spiro atoms. The summed E-state index contributed by atoms with van der Waals surface area (Å²) in [5, 5.41) is 3.39. The van der Waals surface area contributed by atoms with E-state index in [0.29, 0.717) is 12.6 Å². The summed E-state index contributed by atoms with van der Waals surface area (Å²) in [4.78, 5) is 11.3. The van der Waals surface area contributed by atoms with Crippen LogP contribution in [0.5, 0.6) is 5.75 Å². The molecule has 1 saturated heterocycles. The number of benzene rings is 1. The molecule has 128 valence electrons. The first-order chi connectivity index (χ1) is 11.8. The van der Waals surface area contributed by atoms with Crippen molar-refractivity contribution in [2.45, 2.75) is 45.2 Å². The first-order valence-electron chi connectivity index (χ1n) is 8.76. The van der Waals surface area contributed by atoms with Crippen molar-refractivity contribution >= 4 is 11.6 Å². The molecule has 0 amide bonds. The number of nitrogens with one attached hydrogen (secondary N) is 1. The molecule has 1 atom stereocenters. The molecule has 0 radical (unpaired) electrons. The van der Waals surface area contributed by atoms with Crippen LogP contribution in [-0.2, 0) is 6.54 Å². The zero-order valence-electron chi connectivity index (χ0n) is 14.5. The van der Waals surface area contributed by atoms with Gasteiger partial charge in [-0.15, -0.1) is 0 Å². The molecule has 1 aromatic heterocycles. The number of anilines is 2. The van der Waals surface area contributed by atoms with Gasteiger partial charge in [0, 0.05) is 30.8 Å². The monoisotopic (exact) mass is 326 g/mol. The smallest absolute Gasteiger partial charge is 0.134 e. The van der Waals surface area contributed by atoms with Crippen molar-refractivity contribution in [3.05, 3.63) is 42.2 Å². The van der Waals surface area contributed by atoms with Gasteiger partial charge in [0.1, 0.15) is 23.7 Å². The van der Waals surface area contributed by atoms with E-state index in [2.05, 4.69) is 39.2 Å². The highest BCUT2D eigenvalue weighted by atomic mass is 16.5. The van der Waals surface area contributed by atoms with E-state index >= 15 is 0 Å². The van der Waals surface area contributed by atoms with Gasteiger partial charge in [-0.25, -0.2) is 9.97 Å². The van der Waals surface area contributed by atoms with E-state index in [9.17, 15) is 0 Å². The maximum atomic E-state index is 5.40. The highest BCUT2D eigenvalue weighted by molar-refractivity contribution is 5.50. The second-order valence-electron chi connectivity index (χ2n) is 6.18. The number of nitrogens with zero attached hydrogens (tertiary/aromatic N) is 3. The van der Waals surface area contributed by atoms with E-state index in [0.717, 1.165) is 35.9 Å². The molecule has 2 heterocycles. The van der Waals surface area contributed by atoms with Gasteiger partial charge in [0.25, 0.3) is 0 Å². The minimum atomic E-state index is 0.593. The molecular formula is C19H26N4O. The lowest BCUT2D eigenvalue weighted by atomic mass is 10.0. The summed E-state index contributed by atoms with van der Waals surface area (Å²) in [7, 11) is 1.70. The Balaban J connectivity index is 1.71. The van der Waals surface area contributed by atoms with E-state index in [1.165, 1.54) is 19.3 Å². The normalized spacial score (nSPS) is 17.6. The zero-order valence-corrected chi connectivity index (χ0v) is 14.5. The molecule has 1 unspecified atom stereocenters. The van der Waals surface area contributed by atoms with E-state index in [-0.39, 0.29) is 0 Å². The third-order valence-electron chi connectivity index (χ3n) is 4.70. The topological polar surface area (TPSA) is 50.3 Å². The van der Waals surface area contributed by atoms with Gasteiger partial charge in [-0.2, -0.15) is 0 Å². The standard InChI is InChI=1S/C19H26N4O/c1-3-16-9-6-7-11-23(16)19-12-18(21-14-22-19)20-13-15-8-4-5-10-17(15)24-2/h4-5,8,10,12,14,16H,3,6-7,9,11,13H2,1-2H3,(H,20,21,22). The van der Waals surface area contributed by atoms with Gasteiger partial charge >= 0.3 is 0 Å². The lowest BCUT2D eigenvalue weighted by Gasteiger charge is -2.36. The third-order valence-corrected chi connectivity index (χ3v) is 4.70. The molecule has 1 aliphatic heterocycles. The predicted molar refractivity (Wildman–Crippen MR) is 97.6 cm³/mol. The zero-order chi connectivity index (χ0) is 16.8. The molecule has 2 aromatic rings. The van der Waals surface area contributed by atoms with Gasteiger partial charge in [-0.3, -0.25) is 0 Å². The summed E-state index contributed by atoms with van der Waals surface area (Å²) in [6.07, 6.45) is 6.63. The molecule has 5 nitrogen and oxygen atoms in total. The Hall–Kier alpha value is -2.30. The Morgan fingerprint density at radius 3 is 2.96 bits per heavy atom. The van der Waals surface area contributed by atoms with E-state index in [4.69, 9.17) is 4.74 Å². The van der Waals surface area contributed by atoms with Gasteiger partial charge in [0.15, 0.2) is 0 Å². The number of aromatic nitrogens is 2. The van der Waals surface area contributed by atoms with Gasteiger partial charge in [-0.1, -0.05) is 25.1 Å². The van der Waals surface area contributed by atoms with Crippen molar-refractivity contribution in [1.82, 2.24) is 9.97 Å². The molecule has 0 saturated carbocycles. The second-order valence-corrected chi connectivity index (χ2v) is 6.18. The largest absolute Gasteiger partial charge is 0.496 e. The SMILES string of the molecule is CCC1CCCCN1c1cc(NCc2ccccc2OC)ncn1. The Labute approximate surface area is 144 Å². The van der Waals surface area contributed by atoms with Gasteiger partial charge in [-0.05, 0) is 31.7 Å². The Morgan fingerprint density at radius 1 is 1.25 bits per heavy atom. The van der Waals surface area contributed by atoms with Crippen molar-refractivity contribution in [2.75, 3.05) is 23.9 Å². The summed E-state index contributed by atoms with van der Waals surface area (Å²) in [5.74, 6) is 2.77. The minimum Gasteiger partial charge on any atom is -0.496 e. The highest BCUT2D eigenvalue weighted by Gasteiger charge is 2.22. The van der Waals surface area contributed by atoms with Crippen LogP contribution in [-0.4, -0.2) is 29.7 Å². The molecule has 24 heavy (non-hydrogen) atoms. The van der Waals surface area contributed by atoms with Crippen LogP contribution in [0, 0.1) is 0 Å². The van der Waals surface area contributed by atoms with Crippen LogP contribution < -0.4 is 15.0 Å². The van der Waals surface area contributed by atoms with E-state index in [1.54, 1.807) is 13.4 Å². The number of hydrogen-bond donors (Lipinski definition) is 1. The fourth-order valence-corrected chi connectivity index (χ4v) is 3.36. The molecule has 5 heteroatoms. The van der Waals surface area contributed by atoms with Crippen LogP contribution in [0.4, 0.5) is 11.6 Å². The Morgan fingerprint density at radius 2 is 2.12 bits per heavy atom. The quantitative estimate of drug-likeness (QED) is 0.873.